The van der Waals surface area contributed by atoms with Gasteiger partial charge in [0.15, 0.2) is 0 Å². The highest BCUT2D eigenvalue weighted by molar-refractivity contribution is 7.89. The lowest BCUT2D eigenvalue weighted by atomic mass is 10.1. The molecule has 1 aliphatic carbocycles. The summed E-state index contributed by atoms with van der Waals surface area (Å²) in [5, 5.41) is 10.4. The number of benzene rings is 2. The van der Waals surface area contributed by atoms with Crippen LogP contribution in [-0.2, 0) is 27.9 Å². The molecule has 3 aromatic rings. The van der Waals surface area contributed by atoms with Crippen molar-refractivity contribution in [1.82, 2.24) is 19.5 Å². The highest BCUT2D eigenvalue weighted by atomic mass is 32.2. The predicted octanol–water partition coefficient (Wildman–Crippen LogP) is 2.68. The summed E-state index contributed by atoms with van der Waals surface area (Å²) in [7, 11) is -3.87. The van der Waals surface area contributed by atoms with Crippen LogP contribution < -0.4 is 5.32 Å². The van der Waals surface area contributed by atoms with Gasteiger partial charge in [-0.15, -0.1) is 0 Å². The van der Waals surface area contributed by atoms with Gasteiger partial charge in [-0.3, -0.25) is 14.6 Å². The maximum Gasteiger partial charge on any atom is 0.251 e. The van der Waals surface area contributed by atoms with Gasteiger partial charge in [0.25, 0.3) is 5.91 Å². The molecule has 0 radical (unpaired) electrons. The van der Waals surface area contributed by atoms with E-state index < -0.39 is 10.0 Å². The average molecular weight is 532 g/mol. The number of hydrogen-bond donors (Lipinski definition) is 2. The molecule has 3 atom stereocenters. The zero-order valence-electron chi connectivity index (χ0n) is 20.9. The first kappa shape index (κ1) is 25.7. The molecule has 2 amide bonds. The lowest BCUT2D eigenvalue weighted by Gasteiger charge is -2.22. The van der Waals surface area contributed by atoms with Crippen molar-refractivity contribution < 1.29 is 18.0 Å². The molecule has 9 nitrogen and oxygen atoms in total. The molecule has 1 unspecified atom stereocenters. The van der Waals surface area contributed by atoms with Crippen LogP contribution >= 0.6 is 0 Å². The second kappa shape index (κ2) is 10.5. The van der Waals surface area contributed by atoms with E-state index >= 15 is 0 Å². The quantitative estimate of drug-likeness (QED) is 0.411. The standard InChI is InChI=1S/C28H29N5O4S/c1-19(34)32-17-25-26(18-32)27(25)31-28(35)22-9-5-21(6-10-22)15-33(16-23-4-2-3-13-30-23)38(36,37)24-11-7-20(14-29)8-12-24/h2-14,25-27,29H,15-18H2,1H3,(H,31,35)/t25-,26+,27?. The number of nitrogens with one attached hydrogen (secondary N) is 2. The van der Waals surface area contributed by atoms with Crippen molar-refractivity contribution in [2.24, 2.45) is 11.8 Å². The highest BCUT2D eigenvalue weighted by Gasteiger charge is 2.57. The van der Waals surface area contributed by atoms with Gasteiger partial charge in [0.2, 0.25) is 15.9 Å². The number of rotatable bonds is 9. The Hall–Kier alpha value is -3.89. The number of hydrogen-bond acceptors (Lipinski definition) is 6. The monoisotopic (exact) mass is 531 g/mol. The molecule has 1 saturated heterocycles. The summed E-state index contributed by atoms with van der Waals surface area (Å²) >= 11 is 0. The van der Waals surface area contributed by atoms with E-state index in [1.165, 1.54) is 16.4 Å². The molecule has 5 rings (SSSR count). The van der Waals surface area contributed by atoms with Crippen LogP contribution in [0.4, 0.5) is 0 Å². The van der Waals surface area contributed by atoms with Crippen LogP contribution in [0.5, 0.6) is 0 Å². The third-order valence-electron chi connectivity index (χ3n) is 7.26. The van der Waals surface area contributed by atoms with Gasteiger partial charge in [0.1, 0.15) is 0 Å². The van der Waals surface area contributed by atoms with Crippen molar-refractivity contribution in [3.8, 4) is 0 Å². The molecule has 2 aliphatic rings. The molecule has 2 N–H and O–H groups in total. The topological polar surface area (TPSA) is 124 Å². The number of piperidine rings is 1. The van der Waals surface area contributed by atoms with Crippen LogP contribution in [0.3, 0.4) is 0 Å². The molecular formula is C28H29N5O4S. The van der Waals surface area contributed by atoms with Crippen molar-refractivity contribution in [1.29, 1.82) is 5.41 Å². The van der Waals surface area contributed by atoms with E-state index in [-0.39, 0.29) is 35.8 Å². The van der Waals surface area contributed by atoms with Gasteiger partial charge >= 0.3 is 0 Å². The molecule has 1 aliphatic heterocycles. The van der Waals surface area contributed by atoms with Crippen LogP contribution in [-0.4, -0.2) is 59.8 Å². The summed E-state index contributed by atoms with van der Waals surface area (Å²) in [6, 6.07) is 18.6. The predicted molar refractivity (Wildman–Crippen MR) is 142 cm³/mol. The Morgan fingerprint density at radius 3 is 2.29 bits per heavy atom. The third-order valence-corrected chi connectivity index (χ3v) is 9.07. The number of carbonyl (C=O) groups is 2. The molecule has 1 saturated carbocycles. The van der Waals surface area contributed by atoms with Crippen LogP contribution in [0.25, 0.3) is 0 Å². The maximum absolute atomic E-state index is 13.6. The smallest absolute Gasteiger partial charge is 0.251 e. The number of amides is 2. The number of aromatic nitrogens is 1. The lowest BCUT2D eigenvalue weighted by molar-refractivity contribution is -0.128. The minimum atomic E-state index is -3.87. The molecule has 2 fully saturated rings. The normalized spacial score (nSPS) is 20.2. The second-order valence-corrected chi connectivity index (χ2v) is 11.7. The summed E-state index contributed by atoms with van der Waals surface area (Å²) in [4.78, 5) is 30.6. The van der Waals surface area contributed by atoms with Crippen LogP contribution in [0.2, 0.25) is 0 Å². The molecule has 2 aromatic carbocycles. The van der Waals surface area contributed by atoms with Crippen molar-refractivity contribution in [2.45, 2.75) is 31.0 Å². The minimum absolute atomic E-state index is 0.0698. The van der Waals surface area contributed by atoms with E-state index in [2.05, 4.69) is 10.3 Å². The van der Waals surface area contributed by atoms with E-state index in [1.807, 2.05) is 11.0 Å². The van der Waals surface area contributed by atoms with Gasteiger partial charge in [0, 0.05) is 62.4 Å². The molecular weight excluding hydrogens is 502 g/mol. The fourth-order valence-electron chi connectivity index (χ4n) is 4.98. The van der Waals surface area contributed by atoms with E-state index in [0.717, 1.165) is 11.8 Å². The largest absolute Gasteiger partial charge is 0.349 e. The molecule has 0 bridgehead atoms. The number of pyridine rings is 1. The summed E-state index contributed by atoms with van der Waals surface area (Å²) in [5.74, 6) is 0.538. The van der Waals surface area contributed by atoms with Crippen LogP contribution in [0.1, 0.15) is 34.1 Å². The Bertz CT molecular complexity index is 1430. The van der Waals surface area contributed by atoms with Gasteiger partial charge < -0.3 is 15.6 Å². The Balaban J connectivity index is 1.29. The van der Waals surface area contributed by atoms with Crippen molar-refractivity contribution in [3.05, 3.63) is 95.3 Å². The molecule has 38 heavy (non-hydrogen) atoms. The van der Waals surface area contributed by atoms with Crippen molar-refractivity contribution >= 4 is 28.1 Å². The SMILES string of the molecule is CC(=O)N1C[C@@H]2C(NC(=O)c3ccc(CN(Cc4ccccn4)S(=O)(=O)c4ccc(C=N)cc4)cc3)[C@@H]2C1. The summed E-state index contributed by atoms with van der Waals surface area (Å²) in [5.41, 5.74) is 2.46. The van der Waals surface area contributed by atoms with E-state index in [4.69, 9.17) is 5.41 Å². The fraction of sp³-hybridized carbons (Fsp3) is 0.286. The first-order valence-corrected chi connectivity index (χ1v) is 13.9. The third kappa shape index (κ3) is 5.36. The minimum Gasteiger partial charge on any atom is -0.349 e. The molecule has 2 heterocycles. The highest BCUT2D eigenvalue weighted by Crippen LogP contribution is 2.45. The number of carbonyl (C=O) groups excluding carboxylic acids is 2. The van der Waals surface area contributed by atoms with Crippen molar-refractivity contribution in [2.75, 3.05) is 13.1 Å². The molecule has 10 heteroatoms. The summed E-state index contributed by atoms with van der Waals surface area (Å²) in [6.45, 7) is 3.12. The molecule has 196 valence electrons. The summed E-state index contributed by atoms with van der Waals surface area (Å²) < 4.78 is 28.5. The first-order chi connectivity index (χ1) is 18.3. The van der Waals surface area contributed by atoms with Crippen molar-refractivity contribution in [3.63, 3.8) is 0 Å². The van der Waals surface area contributed by atoms with E-state index in [1.54, 1.807) is 61.7 Å². The van der Waals surface area contributed by atoms with Crippen LogP contribution in [0.15, 0.2) is 77.8 Å². The number of fused-ring (bicyclic) bond motifs is 1. The zero-order chi connectivity index (χ0) is 26.9. The van der Waals surface area contributed by atoms with Crippen LogP contribution in [0, 0.1) is 17.2 Å². The second-order valence-electron chi connectivity index (χ2n) is 9.76. The Labute approximate surface area is 222 Å². The lowest BCUT2D eigenvalue weighted by Crippen LogP contribution is -2.36. The van der Waals surface area contributed by atoms with Gasteiger partial charge in [-0.2, -0.15) is 4.31 Å². The van der Waals surface area contributed by atoms with Gasteiger partial charge in [-0.25, -0.2) is 8.42 Å². The van der Waals surface area contributed by atoms with Gasteiger partial charge in [-0.1, -0.05) is 30.3 Å². The fourth-order valence-corrected chi connectivity index (χ4v) is 6.38. The number of sulfonamides is 1. The van der Waals surface area contributed by atoms with E-state index in [9.17, 15) is 18.0 Å². The Kier molecular flexibility index (Phi) is 7.09. The summed E-state index contributed by atoms with van der Waals surface area (Å²) in [6.07, 6.45) is 2.79. The van der Waals surface area contributed by atoms with Gasteiger partial charge in [-0.05, 0) is 47.5 Å². The van der Waals surface area contributed by atoms with E-state index in [0.29, 0.717) is 41.7 Å². The van der Waals surface area contributed by atoms with Gasteiger partial charge in [0.05, 0.1) is 17.1 Å². The maximum atomic E-state index is 13.6. The Morgan fingerprint density at radius 2 is 1.71 bits per heavy atom. The number of likely N-dealkylation sites (tertiary alicyclic amines) is 1. The average Bonchev–Trinajstić information content (AvgIpc) is 3.34. The number of nitrogens with zero attached hydrogens (tertiary/aromatic N) is 3. The zero-order valence-corrected chi connectivity index (χ0v) is 21.8. The Morgan fingerprint density at radius 1 is 1.03 bits per heavy atom. The molecule has 1 aromatic heterocycles. The first-order valence-electron chi connectivity index (χ1n) is 12.4. The molecule has 0 spiro atoms.